The minimum atomic E-state index is -0.944. The van der Waals surface area contributed by atoms with Crippen molar-refractivity contribution in [3.05, 3.63) is 0 Å². The van der Waals surface area contributed by atoms with E-state index in [1.165, 1.54) is 0 Å². The molecule has 0 saturated carbocycles. The summed E-state index contributed by atoms with van der Waals surface area (Å²) in [5.41, 5.74) is 15.8. The van der Waals surface area contributed by atoms with Gasteiger partial charge in [0.05, 0.1) is 6.61 Å². The van der Waals surface area contributed by atoms with Gasteiger partial charge in [0.25, 0.3) is 0 Å². The van der Waals surface area contributed by atoms with Gasteiger partial charge in [0.1, 0.15) is 12.1 Å². The van der Waals surface area contributed by atoms with Crippen LogP contribution in [0.2, 0.25) is 0 Å². The van der Waals surface area contributed by atoms with Crippen LogP contribution in [0.25, 0.3) is 0 Å². The number of hydrogen-bond donors (Lipinski definition) is 5. The van der Waals surface area contributed by atoms with Crippen molar-refractivity contribution in [1.29, 1.82) is 0 Å². The van der Waals surface area contributed by atoms with E-state index in [-0.39, 0.29) is 17.8 Å². The summed E-state index contributed by atoms with van der Waals surface area (Å²) < 4.78 is 4.73. The van der Waals surface area contributed by atoms with Crippen LogP contribution in [0.1, 0.15) is 32.6 Å². The monoisotopic (exact) mass is 331 g/mol. The first-order chi connectivity index (χ1) is 10.8. The zero-order valence-corrected chi connectivity index (χ0v) is 13.2. The summed E-state index contributed by atoms with van der Waals surface area (Å²) in [6.07, 6.45) is 1.96. The molecule has 1 heterocycles. The molecule has 10 heteroatoms. The van der Waals surface area contributed by atoms with E-state index < -0.39 is 18.1 Å². The smallest absolute Gasteiger partial charge is 0.326 e. The number of esters is 1. The molecule has 1 rings (SSSR count). The number of nitrogens with two attached hydrogens (primary N) is 3. The van der Waals surface area contributed by atoms with Gasteiger partial charge in [-0.05, 0) is 26.2 Å². The van der Waals surface area contributed by atoms with E-state index in [0.29, 0.717) is 38.8 Å². The minimum Gasteiger partial charge on any atom is -0.480 e. The number of ether oxygens (including phenoxy) is 1. The van der Waals surface area contributed by atoms with Gasteiger partial charge in [0.15, 0.2) is 5.96 Å². The molecule has 0 radical (unpaired) electrons. The van der Waals surface area contributed by atoms with E-state index in [9.17, 15) is 14.4 Å². The Morgan fingerprint density at radius 2 is 2.13 bits per heavy atom. The maximum atomic E-state index is 11.0. The largest absolute Gasteiger partial charge is 0.480 e. The molecule has 1 aliphatic rings. The standard InChI is InChI=1S/C8H18N4O2.C5H7NO3/c1-2-14-7(13)6(9)4-3-5-12-8(10)11;7-4-2-1-3(6-4)5(8)9/h6H,2-5,9H2,1H3,(H4,10,11,12);3H,1-2H2,(H,6,7)(H,8,9). The van der Waals surface area contributed by atoms with Crippen molar-refractivity contribution in [1.82, 2.24) is 5.32 Å². The summed E-state index contributed by atoms with van der Waals surface area (Å²) in [6, 6.07) is -1.22. The summed E-state index contributed by atoms with van der Waals surface area (Å²) >= 11 is 0. The number of carboxylic acids is 1. The fourth-order valence-corrected chi connectivity index (χ4v) is 1.69. The van der Waals surface area contributed by atoms with Crippen molar-refractivity contribution in [3.63, 3.8) is 0 Å². The fraction of sp³-hybridized carbons (Fsp3) is 0.692. The van der Waals surface area contributed by atoms with Gasteiger partial charge in [-0.1, -0.05) is 0 Å². The second-order valence-electron chi connectivity index (χ2n) is 4.80. The third-order valence-corrected chi connectivity index (χ3v) is 2.85. The first kappa shape index (κ1) is 20.6. The lowest BCUT2D eigenvalue weighted by atomic mass is 10.2. The van der Waals surface area contributed by atoms with Gasteiger partial charge in [-0.2, -0.15) is 0 Å². The topological polar surface area (TPSA) is 183 Å². The van der Waals surface area contributed by atoms with Crippen molar-refractivity contribution in [2.75, 3.05) is 13.2 Å². The van der Waals surface area contributed by atoms with Crippen LogP contribution >= 0.6 is 0 Å². The number of aliphatic carboxylic acids is 1. The highest BCUT2D eigenvalue weighted by molar-refractivity contribution is 5.87. The lowest BCUT2D eigenvalue weighted by molar-refractivity contribution is -0.144. The molecule has 1 fully saturated rings. The van der Waals surface area contributed by atoms with Crippen LogP contribution in [0, 0.1) is 0 Å². The van der Waals surface area contributed by atoms with E-state index >= 15 is 0 Å². The van der Waals surface area contributed by atoms with Crippen LogP contribution in [0.15, 0.2) is 4.99 Å². The average molecular weight is 331 g/mol. The molecule has 132 valence electrons. The third-order valence-electron chi connectivity index (χ3n) is 2.85. The molecule has 0 bridgehead atoms. The fourth-order valence-electron chi connectivity index (χ4n) is 1.69. The van der Waals surface area contributed by atoms with Crippen molar-refractivity contribution >= 4 is 23.8 Å². The third kappa shape index (κ3) is 10.1. The molecule has 10 nitrogen and oxygen atoms in total. The van der Waals surface area contributed by atoms with Gasteiger partial charge < -0.3 is 32.4 Å². The Labute approximate surface area is 134 Å². The Balaban J connectivity index is 0.000000459. The first-order valence-corrected chi connectivity index (χ1v) is 7.27. The van der Waals surface area contributed by atoms with Gasteiger partial charge in [-0.3, -0.25) is 14.6 Å². The summed E-state index contributed by atoms with van der Waals surface area (Å²) in [5, 5.41) is 10.6. The summed E-state index contributed by atoms with van der Waals surface area (Å²) in [6.45, 7) is 2.57. The summed E-state index contributed by atoms with van der Waals surface area (Å²) in [5.74, 6) is -1.44. The minimum absolute atomic E-state index is 0.0507. The van der Waals surface area contributed by atoms with E-state index in [0.717, 1.165) is 0 Å². The molecule has 1 amide bonds. The van der Waals surface area contributed by atoms with Crippen molar-refractivity contribution < 1.29 is 24.2 Å². The van der Waals surface area contributed by atoms with Crippen LogP contribution in [-0.2, 0) is 19.1 Å². The molecule has 1 saturated heterocycles. The van der Waals surface area contributed by atoms with E-state index in [1.807, 2.05) is 0 Å². The predicted octanol–water partition coefficient (Wildman–Crippen LogP) is -1.72. The number of aliphatic imine (C=N–C) groups is 1. The zero-order chi connectivity index (χ0) is 17.8. The quantitative estimate of drug-likeness (QED) is 0.158. The molecule has 0 aromatic heterocycles. The number of amides is 1. The van der Waals surface area contributed by atoms with Crippen molar-refractivity contribution in [2.45, 2.75) is 44.7 Å². The van der Waals surface area contributed by atoms with Gasteiger partial charge in [-0.25, -0.2) is 4.79 Å². The van der Waals surface area contributed by atoms with E-state index in [2.05, 4.69) is 10.3 Å². The molecule has 8 N–H and O–H groups in total. The number of carbonyl (C=O) groups excluding carboxylic acids is 2. The van der Waals surface area contributed by atoms with Gasteiger partial charge in [0.2, 0.25) is 5.91 Å². The Hall–Kier alpha value is -2.36. The predicted molar refractivity (Wildman–Crippen MR) is 83.3 cm³/mol. The molecule has 0 aromatic carbocycles. The molecule has 2 atom stereocenters. The highest BCUT2D eigenvalue weighted by Gasteiger charge is 2.26. The number of nitrogens with zero attached hydrogens (tertiary/aromatic N) is 1. The lowest BCUT2D eigenvalue weighted by Gasteiger charge is -2.08. The molecular formula is C13H25N5O5. The van der Waals surface area contributed by atoms with Crippen LogP contribution in [0.3, 0.4) is 0 Å². The Morgan fingerprint density at radius 1 is 1.48 bits per heavy atom. The number of hydrogen-bond acceptors (Lipinski definition) is 6. The van der Waals surface area contributed by atoms with Crippen LogP contribution in [0.4, 0.5) is 0 Å². The second kappa shape index (κ2) is 11.2. The van der Waals surface area contributed by atoms with Crippen molar-refractivity contribution in [3.8, 4) is 0 Å². The second-order valence-corrected chi connectivity index (χ2v) is 4.80. The molecule has 0 aromatic rings. The van der Waals surface area contributed by atoms with Crippen LogP contribution in [-0.4, -0.2) is 54.1 Å². The molecular weight excluding hydrogens is 306 g/mol. The number of rotatable bonds is 7. The molecule has 0 aliphatic carbocycles. The normalized spacial score (nSPS) is 17.3. The highest BCUT2D eigenvalue weighted by atomic mass is 16.5. The van der Waals surface area contributed by atoms with E-state index in [1.54, 1.807) is 6.92 Å². The molecule has 2 unspecified atom stereocenters. The number of guanidine groups is 1. The SMILES string of the molecule is CCOC(=O)C(N)CCCN=C(N)N.O=C1CCC(C(=O)O)N1. The number of carbonyl (C=O) groups is 3. The maximum Gasteiger partial charge on any atom is 0.326 e. The maximum absolute atomic E-state index is 11.0. The Bertz CT molecular complexity index is 436. The number of nitrogens with one attached hydrogen (secondary N) is 1. The van der Waals surface area contributed by atoms with E-state index in [4.69, 9.17) is 27.0 Å². The summed E-state index contributed by atoms with van der Waals surface area (Å²) in [4.78, 5) is 35.3. The van der Waals surface area contributed by atoms with Gasteiger partial charge in [0, 0.05) is 13.0 Å². The zero-order valence-electron chi connectivity index (χ0n) is 13.2. The molecule has 1 aliphatic heterocycles. The Morgan fingerprint density at radius 3 is 2.52 bits per heavy atom. The van der Waals surface area contributed by atoms with Crippen LogP contribution in [0.5, 0.6) is 0 Å². The molecule has 23 heavy (non-hydrogen) atoms. The van der Waals surface area contributed by atoms with Crippen molar-refractivity contribution in [2.24, 2.45) is 22.2 Å². The van der Waals surface area contributed by atoms with Gasteiger partial charge >= 0.3 is 11.9 Å². The lowest BCUT2D eigenvalue weighted by Crippen LogP contribution is -2.32. The first-order valence-electron chi connectivity index (χ1n) is 7.27. The molecule has 0 spiro atoms. The van der Waals surface area contributed by atoms with Gasteiger partial charge in [-0.15, -0.1) is 0 Å². The van der Waals surface area contributed by atoms with Crippen LogP contribution < -0.4 is 22.5 Å². The Kier molecular flexibility index (Phi) is 10.1. The average Bonchev–Trinajstić information content (AvgIpc) is 2.91. The highest BCUT2D eigenvalue weighted by Crippen LogP contribution is 2.05. The number of carboxylic acid groups (broad SMARTS) is 1. The summed E-state index contributed by atoms with van der Waals surface area (Å²) in [7, 11) is 0.